The third-order valence-electron chi connectivity index (χ3n) is 4.26. The van der Waals surface area contributed by atoms with Gasteiger partial charge in [0.15, 0.2) is 0 Å². The predicted molar refractivity (Wildman–Crippen MR) is 84.9 cm³/mol. The second-order valence-electron chi connectivity index (χ2n) is 5.76. The van der Waals surface area contributed by atoms with Gasteiger partial charge in [-0.3, -0.25) is 14.9 Å². The molecule has 122 valence electrons. The van der Waals surface area contributed by atoms with Gasteiger partial charge >= 0.3 is 6.03 Å². The number of anilines is 1. The summed E-state index contributed by atoms with van der Waals surface area (Å²) >= 11 is 0. The van der Waals surface area contributed by atoms with Gasteiger partial charge in [-0.05, 0) is 18.6 Å². The molecule has 2 heterocycles. The molecule has 2 aliphatic rings. The predicted octanol–water partition coefficient (Wildman–Crippen LogP) is 0.323. The standard InChI is InChI=1S/C16H20N4O3/c21-14(7-6-13-15(22)18-16(23)17-13)20-10-8-19(9-11-20)12-4-2-1-3-5-12/h1-5,13H,6-11H2,(H2,17,18,22,23). The van der Waals surface area contributed by atoms with Crippen molar-refractivity contribution in [2.24, 2.45) is 0 Å². The molecule has 1 aromatic carbocycles. The van der Waals surface area contributed by atoms with Gasteiger partial charge in [0.05, 0.1) is 0 Å². The Morgan fingerprint density at radius 3 is 2.39 bits per heavy atom. The first-order chi connectivity index (χ1) is 11.1. The molecule has 7 heteroatoms. The summed E-state index contributed by atoms with van der Waals surface area (Å²) in [5, 5.41) is 4.69. The minimum Gasteiger partial charge on any atom is -0.368 e. The average Bonchev–Trinajstić information content (AvgIpc) is 2.91. The Hall–Kier alpha value is -2.57. The molecule has 3 rings (SSSR count). The lowest BCUT2D eigenvalue weighted by Crippen LogP contribution is -2.49. The summed E-state index contributed by atoms with van der Waals surface area (Å²) in [7, 11) is 0. The highest BCUT2D eigenvalue weighted by molar-refractivity contribution is 6.04. The first-order valence-corrected chi connectivity index (χ1v) is 7.82. The zero-order chi connectivity index (χ0) is 16.2. The molecule has 1 aromatic rings. The highest BCUT2D eigenvalue weighted by Gasteiger charge is 2.30. The lowest BCUT2D eigenvalue weighted by molar-refractivity contribution is -0.131. The fourth-order valence-electron chi connectivity index (χ4n) is 2.94. The SMILES string of the molecule is O=C1NC(=O)C(CCC(=O)N2CCN(c3ccccc3)CC2)N1. The maximum Gasteiger partial charge on any atom is 0.322 e. The third-order valence-corrected chi connectivity index (χ3v) is 4.26. The second-order valence-corrected chi connectivity index (χ2v) is 5.76. The fourth-order valence-corrected chi connectivity index (χ4v) is 2.94. The number of hydrogen-bond donors (Lipinski definition) is 2. The van der Waals surface area contributed by atoms with E-state index >= 15 is 0 Å². The molecule has 2 N–H and O–H groups in total. The van der Waals surface area contributed by atoms with E-state index < -0.39 is 12.1 Å². The Balaban J connectivity index is 1.45. The van der Waals surface area contributed by atoms with Gasteiger partial charge in [0.1, 0.15) is 6.04 Å². The number of carbonyl (C=O) groups is 3. The first kappa shape index (κ1) is 15.3. The van der Waals surface area contributed by atoms with E-state index in [-0.39, 0.29) is 18.2 Å². The summed E-state index contributed by atoms with van der Waals surface area (Å²) in [5.41, 5.74) is 1.17. The van der Waals surface area contributed by atoms with Gasteiger partial charge in [0.2, 0.25) is 5.91 Å². The van der Waals surface area contributed by atoms with Crippen LogP contribution in [0.2, 0.25) is 0 Å². The van der Waals surface area contributed by atoms with Crippen molar-refractivity contribution >= 4 is 23.5 Å². The number of piperazine rings is 1. The molecule has 0 aliphatic carbocycles. The number of hydrogen-bond acceptors (Lipinski definition) is 4. The number of urea groups is 1. The second kappa shape index (κ2) is 6.68. The van der Waals surface area contributed by atoms with Crippen LogP contribution in [0.15, 0.2) is 30.3 Å². The van der Waals surface area contributed by atoms with Crippen LogP contribution in [0, 0.1) is 0 Å². The molecule has 2 fully saturated rings. The number of imide groups is 1. The smallest absolute Gasteiger partial charge is 0.322 e. The van der Waals surface area contributed by atoms with Crippen molar-refractivity contribution < 1.29 is 14.4 Å². The molecule has 0 radical (unpaired) electrons. The Morgan fingerprint density at radius 2 is 1.78 bits per heavy atom. The summed E-state index contributed by atoms with van der Waals surface area (Å²) in [6.45, 7) is 2.96. The largest absolute Gasteiger partial charge is 0.368 e. The maximum atomic E-state index is 12.2. The molecular weight excluding hydrogens is 296 g/mol. The summed E-state index contributed by atoms with van der Waals surface area (Å²) in [5.74, 6) is -0.316. The van der Waals surface area contributed by atoms with Crippen molar-refractivity contribution in [3.05, 3.63) is 30.3 Å². The van der Waals surface area contributed by atoms with E-state index in [9.17, 15) is 14.4 Å². The Bertz CT molecular complexity index is 597. The first-order valence-electron chi connectivity index (χ1n) is 7.82. The van der Waals surface area contributed by atoms with Crippen LogP contribution in [-0.4, -0.2) is 55.0 Å². The quantitative estimate of drug-likeness (QED) is 0.784. The van der Waals surface area contributed by atoms with Gasteiger partial charge in [0.25, 0.3) is 5.91 Å². The van der Waals surface area contributed by atoms with Crippen LogP contribution in [0.1, 0.15) is 12.8 Å². The van der Waals surface area contributed by atoms with Crippen LogP contribution < -0.4 is 15.5 Å². The minimum absolute atomic E-state index is 0.0339. The Labute approximate surface area is 134 Å². The van der Waals surface area contributed by atoms with E-state index in [1.165, 1.54) is 5.69 Å². The molecule has 4 amide bonds. The van der Waals surface area contributed by atoms with Crippen molar-refractivity contribution in [2.75, 3.05) is 31.1 Å². The maximum absolute atomic E-state index is 12.2. The Morgan fingerprint density at radius 1 is 1.09 bits per heavy atom. The van der Waals surface area contributed by atoms with E-state index in [4.69, 9.17) is 0 Å². The zero-order valence-electron chi connectivity index (χ0n) is 12.8. The van der Waals surface area contributed by atoms with Crippen LogP contribution in [0.3, 0.4) is 0 Å². The van der Waals surface area contributed by atoms with Crippen molar-refractivity contribution in [3.8, 4) is 0 Å². The minimum atomic E-state index is -0.586. The van der Waals surface area contributed by atoms with Gasteiger partial charge < -0.3 is 15.1 Å². The van der Waals surface area contributed by atoms with Crippen LogP contribution in [0.25, 0.3) is 0 Å². The number of benzene rings is 1. The monoisotopic (exact) mass is 316 g/mol. The molecular formula is C16H20N4O3. The topological polar surface area (TPSA) is 81.8 Å². The van der Waals surface area contributed by atoms with Gasteiger partial charge in [0, 0.05) is 38.3 Å². The number of para-hydroxylation sites is 1. The summed E-state index contributed by atoms with van der Waals surface area (Å²) in [6, 6.07) is 9.07. The van der Waals surface area contributed by atoms with Gasteiger partial charge in [-0.2, -0.15) is 0 Å². The van der Waals surface area contributed by atoms with E-state index in [0.717, 1.165) is 13.1 Å². The average molecular weight is 316 g/mol. The van der Waals surface area contributed by atoms with Crippen LogP contribution in [0.4, 0.5) is 10.5 Å². The molecule has 0 bridgehead atoms. The van der Waals surface area contributed by atoms with Crippen molar-refractivity contribution in [1.82, 2.24) is 15.5 Å². The van der Waals surface area contributed by atoms with Crippen LogP contribution in [-0.2, 0) is 9.59 Å². The zero-order valence-corrected chi connectivity index (χ0v) is 12.8. The summed E-state index contributed by atoms with van der Waals surface area (Å²) < 4.78 is 0. The summed E-state index contributed by atoms with van der Waals surface area (Å²) in [6.07, 6.45) is 0.610. The number of nitrogens with zero attached hydrogens (tertiary/aromatic N) is 2. The number of nitrogens with one attached hydrogen (secondary N) is 2. The van der Waals surface area contributed by atoms with E-state index in [2.05, 4.69) is 27.7 Å². The van der Waals surface area contributed by atoms with Crippen LogP contribution >= 0.6 is 0 Å². The molecule has 2 saturated heterocycles. The fraction of sp³-hybridized carbons (Fsp3) is 0.438. The van der Waals surface area contributed by atoms with E-state index in [0.29, 0.717) is 19.5 Å². The lowest BCUT2D eigenvalue weighted by Gasteiger charge is -2.36. The van der Waals surface area contributed by atoms with E-state index in [1.54, 1.807) is 0 Å². The molecule has 2 aliphatic heterocycles. The molecule has 7 nitrogen and oxygen atoms in total. The third kappa shape index (κ3) is 3.61. The molecule has 0 saturated carbocycles. The normalized spacial score (nSPS) is 21.1. The molecule has 1 atom stereocenters. The van der Waals surface area contributed by atoms with Crippen molar-refractivity contribution in [3.63, 3.8) is 0 Å². The highest BCUT2D eigenvalue weighted by atomic mass is 16.2. The van der Waals surface area contributed by atoms with E-state index in [1.807, 2.05) is 23.1 Å². The number of amides is 4. The molecule has 23 heavy (non-hydrogen) atoms. The van der Waals surface area contributed by atoms with Gasteiger partial charge in [-0.1, -0.05) is 18.2 Å². The van der Waals surface area contributed by atoms with Gasteiger partial charge in [-0.25, -0.2) is 4.79 Å². The molecule has 0 spiro atoms. The lowest BCUT2D eigenvalue weighted by atomic mass is 10.1. The number of carbonyl (C=O) groups excluding carboxylic acids is 3. The van der Waals surface area contributed by atoms with Crippen LogP contribution in [0.5, 0.6) is 0 Å². The van der Waals surface area contributed by atoms with Crippen molar-refractivity contribution in [2.45, 2.75) is 18.9 Å². The summed E-state index contributed by atoms with van der Waals surface area (Å²) in [4.78, 5) is 38.8. The molecule has 0 aromatic heterocycles. The Kier molecular flexibility index (Phi) is 4.45. The highest BCUT2D eigenvalue weighted by Crippen LogP contribution is 2.16. The molecule has 1 unspecified atom stereocenters. The van der Waals surface area contributed by atoms with Gasteiger partial charge in [-0.15, -0.1) is 0 Å². The number of rotatable bonds is 4. The van der Waals surface area contributed by atoms with Crippen molar-refractivity contribution in [1.29, 1.82) is 0 Å².